The normalized spacial score (nSPS) is 24.4. The fourth-order valence-corrected chi connectivity index (χ4v) is 2.43. The Balaban J connectivity index is 1.73. The van der Waals surface area contributed by atoms with Gasteiger partial charge in [0.05, 0.1) is 11.6 Å². The Hall–Kier alpha value is -0.810. The number of aliphatic hydroxyl groups is 1. The molecule has 2 N–H and O–H groups in total. The first kappa shape index (κ1) is 15.6. The second kappa shape index (κ2) is 7.27. The van der Waals surface area contributed by atoms with Gasteiger partial charge in [0, 0.05) is 18.7 Å². The van der Waals surface area contributed by atoms with Crippen LogP contribution in [0, 0.1) is 0 Å². The van der Waals surface area contributed by atoms with Crippen LogP contribution in [0.2, 0.25) is 5.02 Å². The molecule has 1 aromatic rings. The lowest BCUT2D eigenvalue weighted by molar-refractivity contribution is 0.0184. The molecule has 0 radical (unpaired) electrons. The second-order valence-electron chi connectivity index (χ2n) is 5.49. The number of β-amino-alcohol motifs (C(OH)–C–C–N with tert-alkyl or cyclic N) is 1. The average Bonchev–Trinajstić information content (AvgIpc) is 2.45. The molecular formula is C15H22ClNO3. The summed E-state index contributed by atoms with van der Waals surface area (Å²) in [5, 5.41) is 13.9. The quantitative estimate of drug-likeness (QED) is 0.846. The molecule has 2 unspecified atom stereocenters. The van der Waals surface area contributed by atoms with Gasteiger partial charge in [-0.25, -0.2) is 0 Å². The van der Waals surface area contributed by atoms with Gasteiger partial charge in [-0.15, -0.1) is 0 Å². The summed E-state index contributed by atoms with van der Waals surface area (Å²) in [5.41, 5.74) is -0.0520. The van der Waals surface area contributed by atoms with E-state index in [4.69, 9.17) is 21.1 Å². The van der Waals surface area contributed by atoms with E-state index in [0.29, 0.717) is 23.9 Å². The number of aliphatic hydroxyl groups excluding tert-OH is 1. The van der Waals surface area contributed by atoms with Crippen molar-refractivity contribution in [3.8, 4) is 5.75 Å². The molecule has 2 rings (SSSR count). The van der Waals surface area contributed by atoms with Crippen LogP contribution in [0.5, 0.6) is 5.75 Å². The highest BCUT2D eigenvalue weighted by molar-refractivity contribution is 6.32. The zero-order valence-corrected chi connectivity index (χ0v) is 12.5. The highest BCUT2D eigenvalue weighted by Crippen LogP contribution is 2.23. The Morgan fingerprint density at radius 3 is 3.00 bits per heavy atom. The molecule has 2 atom stereocenters. The largest absolute Gasteiger partial charge is 0.489 e. The van der Waals surface area contributed by atoms with E-state index < -0.39 is 6.10 Å². The summed E-state index contributed by atoms with van der Waals surface area (Å²) in [6, 6.07) is 7.25. The number of nitrogens with one attached hydrogen (secondary N) is 1. The van der Waals surface area contributed by atoms with Crippen LogP contribution in [0.15, 0.2) is 24.3 Å². The highest BCUT2D eigenvalue weighted by Gasteiger charge is 2.27. The van der Waals surface area contributed by atoms with Crippen molar-refractivity contribution in [1.82, 2.24) is 5.32 Å². The first-order chi connectivity index (χ1) is 9.59. The number of para-hydroxylation sites is 1. The molecule has 0 bridgehead atoms. The predicted molar refractivity (Wildman–Crippen MR) is 79.4 cm³/mol. The van der Waals surface area contributed by atoms with Crippen molar-refractivity contribution in [2.45, 2.75) is 31.4 Å². The van der Waals surface area contributed by atoms with Gasteiger partial charge in [-0.3, -0.25) is 0 Å². The van der Waals surface area contributed by atoms with Gasteiger partial charge in [0.15, 0.2) is 0 Å². The average molecular weight is 300 g/mol. The van der Waals surface area contributed by atoms with E-state index in [1.807, 2.05) is 12.1 Å². The van der Waals surface area contributed by atoms with Crippen molar-refractivity contribution < 1.29 is 14.6 Å². The standard InChI is InChI=1S/C15H22ClNO3/c1-15(7-4-8-19-11-15)17-9-12(18)10-20-14-6-3-2-5-13(14)16/h2-3,5-6,12,17-18H,4,7-11H2,1H3. The van der Waals surface area contributed by atoms with Gasteiger partial charge in [0.2, 0.25) is 0 Å². The lowest BCUT2D eigenvalue weighted by Gasteiger charge is -2.35. The minimum Gasteiger partial charge on any atom is -0.489 e. The molecule has 0 aromatic heterocycles. The van der Waals surface area contributed by atoms with Gasteiger partial charge in [0.1, 0.15) is 18.5 Å². The molecule has 0 amide bonds. The molecule has 1 fully saturated rings. The summed E-state index contributed by atoms with van der Waals surface area (Å²) in [4.78, 5) is 0. The third kappa shape index (κ3) is 4.63. The number of hydrogen-bond donors (Lipinski definition) is 2. The van der Waals surface area contributed by atoms with E-state index in [0.717, 1.165) is 19.4 Å². The molecule has 0 saturated carbocycles. The summed E-state index contributed by atoms with van der Waals surface area (Å²) in [5.74, 6) is 0.598. The minimum atomic E-state index is -0.579. The molecule has 0 spiro atoms. The summed E-state index contributed by atoms with van der Waals surface area (Å²) < 4.78 is 11.0. The van der Waals surface area contributed by atoms with E-state index >= 15 is 0 Å². The maximum absolute atomic E-state index is 9.98. The van der Waals surface area contributed by atoms with Crippen molar-refractivity contribution in [3.05, 3.63) is 29.3 Å². The monoisotopic (exact) mass is 299 g/mol. The first-order valence-electron chi connectivity index (χ1n) is 6.97. The number of hydrogen-bond acceptors (Lipinski definition) is 4. The van der Waals surface area contributed by atoms with Crippen LogP contribution in [0.4, 0.5) is 0 Å². The number of ether oxygens (including phenoxy) is 2. The first-order valence-corrected chi connectivity index (χ1v) is 7.35. The number of benzene rings is 1. The van der Waals surface area contributed by atoms with Crippen LogP contribution in [0.3, 0.4) is 0 Å². The summed E-state index contributed by atoms with van der Waals surface area (Å²) in [7, 11) is 0. The maximum Gasteiger partial charge on any atom is 0.138 e. The predicted octanol–water partition coefficient (Wildman–Crippen LogP) is 2.24. The van der Waals surface area contributed by atoms with E-state index in [1.165, 1.54) is 0 Å². The summed E-state index contributed by atoms with van der Waals surface area (Å²) in [6.45, 7) is 4.33. The molecular weight excluding hydrogens is 278 g/mol. The molecule has 1 aliphatic heterocycles. The van der Waals surface area contributed by atoms with Crippen molar-refractivity contribution >= 4 is 11.6 Å². The number of halogens is 1. The highest BCUT2D eigenvalue weighted by atomic mass is 35.5. The Kier molecular flexibility index (Phi) is 5.66. The zero-order chi connectivity index (χ0) is 14.4. The molecule has 1 saturated heterocycles. The summed E-state index contributed by atoms with van der Waals surface area (Å²) in [6.07, 6.45) is 1.53. The van der Waals surface area contributed by atoms with E-state index in [9.17, 15) is 5.11 Å². The maximum atomic E-state index is 9.98. The summed E-state index contributed by atoms with van der Waals surface area (Å²) >= 11 is 5.99. The molecule has 1 aliphatic rings. The van der Waals surface area contributed by atoms with Crippen LogP contribution in [-0.2, 0) is 4.74 Å². The fourth-order valence-electron chi connectivity index (χ4n) is 2.24. The zero-order valence-electron chi connectivity index (χ0n) is 11.8. The Labute approximate surface area is 125 Å². The lowest BCUT2D eigenvalue weighted by atomic mass is 9.95. The Bertz CT molecular complexity index is 421. The van der Waals surface area contributed by atoms with Crippen molar-refractivity contribution in [2.75, 3.05) is 26.4 Å². The van der Waals surface area contributed by atoms with E-state index in [1.54, 1.807) is 12.1 Å². The van der Waals surface area contributed by atoms with Gasteiger partial charge >= 0.3 is 0 Å². The van der Waals surface area contributed by atoms with Crippen LogP contribution in [0.1, 0.15) is 19.8 Å². The topological polar surface area (TPSA) is 50.7 Å². The van der Waals surface area contributed by atoms with Gasteiger partial charge < -0.3 is 19.9 Å². The Morgan fingerprint density at radius 2 is 2.30 bits per heavy atom. The minimum absolute atomic E-state index is 0.0520. The third-order valence-electron chi connectivity index (χ3n) is 3.47. The van der Waals surface area contributed by atoms with Gasteiger partial charge in [0.25, 0.3) is 0 Å². The lowest BCUT2D eigenvalue weighted by Crippen LogP contribution is -2.51. The second-order valence-corrected chi connectivity index (χ2v) is 5.90. The van der Waals surface area contributed by atoms with Crippen LogP contribution >= 0.6 is 11.6 Å². The van der Waals surface area contributed by atoms with Crippen LogP contribution < -0.4 is 10.1 Å². The number of rotatable bonds is 6. The molecule has 1 aromatic carbocycles. The molecule has 4 nitrogen and oxygen atoms in total. The van der Waals surface area contributed by atoms with Gasteiger partial charge in [-0.05, 0) is 31.9 Å². The van der Waals surface area contributed by atoms with Gasteiger partial charge in [-0.2, -0.15) is 0 Å². The molecule has 1 heterocycles. The smallest absolute Gasteiger partial charge is 0.138 e. The van der Waals surface area contributed by atoms with E-state index in [-0.39, 0.29) is 12.1 Å². The molecule has 5 heteroatoms. The molecule has 112 valence electrons. The van der Waals surface area contributed by atoms with Crippen LogP contribution in [0.25, 0.3) is 0 Å². The third-order valence-corrected chi connectivity index (χ3v) is 3.78. The fraction of sp³-hybridized carbons (Fsp3) is 0.600. The van der Waals surface area contributed by atoms with E-state index in [2.05, 4.69) is 12.2 Å². The molecule has 0 aliphatic carbocycles. The molecule has 20 heavy (non-hydrogen) atoms. The van der Waals surface area contributed by atoms with Crippen LogP contribution in [-0.4, -0.2) is 43.1 Å². The van der Waals surface area contributed by atoms with Gasteiger partial charge in [-0.1, -0.05) is 23.7 Å². The Morgan fingerprint density at radius 1 is 1.50 bits per heavy atom. The SMILES string of the molecule is CC1(NCC(O)COc2ccccc2Cl)CCCOC1. The van der Waals surface area contributed by atoms with Crippen molar-refractivity contribution in [3.63, 3.8) is 0 Å². The van der Waals surface area contributed by atoms with Crippen molar-refractivity contribution in [1.29, 1.82) is 0 Å². The van der Waals surface area contributed by atoms with Crippen molar-refractivity contribution in [2.24, 2.45) is 0 Å².